The van der Waals surface area contributed by atoms with E-state index in [0.29, 0.717) is 31.5 Å². The number of hydrogen-bond acceptors (Lipinski definition) is 2. The summed E-state index contributed by atoms with van der Waals surface area (Å²) in [6.07, 6.45) is 1.06. The molecule has 1 amide bonds. The van der Waals surface area contributed by atoms with Crippen LogP contribution in [0.5, 0.6) is 0 Å². The molecule has 0 saturated heterocycles. The topological polar surface area (TPSA) is 57.6 Å². The molecule has 23 heavy (non-hydrogen) atoms. The largest absolute Gasteiger partial charge is 0.478 e. The Morgan fingerprint density at radius 1 is 1.17 bits per heavy atom. The van der Waals surface area contributed by atoms with Crippen LogP contribution in [0.25, 0.3) is 0 Å². The van der Waals surface area contributed by atoms with Gasteiger partial charge in [-0.1, -0.05) is 42.0 Å². The molecule has 0 fully saturated rings. The number of carboxylic acid groups (broad SMARTS) is 1. The second-order valence-electron chi connectivity index (χ2n) is 5.98. The van der Waals surface area contributed by atoms with Crippen LogP contribution in [0.3, 0.4) is 0 Å². The number of aryl methyl sites for hydroxylation is 1. The van der Waals surface area contributed by atoms with Crippen LogP contribution in [0, 0.1) is 6.92 Å². The second kappa shape index (κ2) is 6.24. The van der Waals surface area contributed by atoms with Gasteiger partial charge < -0.3 is 10.0 Å². The third-order valence-electron chi connectivity index (χ3n) is 4.29. The number of aromatic carboxylic acids is 1. The summed E-state index contributed by atoms with van der Waals surface area (Å²) in [6.45, 7) is 3.02. The van der Waals surface area contributed by atoms with Crippen molar-refractivity contribution in [2.45, 2.75) is 26.3 Å². The Hall–Kier alpha value is -2.62. The van der Waals surface area contributed by atoms with Gasteiger partial charge in [0.2, 0.25) is 5.91 Å². The fourth-order valence-electron chi connectivity index (χ4n) is 3.10. The summed E-state index contributed by atoms with van der Waals surface area (Å²) < 4.78 is 0. The monoisotopic (exact) mass is 309 g/mol. The van der Waals surface area contributed by atoms with Crippen molar-refractivity contribution in [3.05, 3.63) is 70.3 Å². The summed E-state index contributed by atoms with van der Waals surface area (Å²) in [5.74, 6) is -0.892. The van der Waals surface area contributed by atoms with Gasteiger partial charge in [-0.2, -0.15) is 0 Å². The van der Waals surface area contributed by atoms with E-state index in [-0.39, 0.29) is 5.91 Å². The zero-order valence-electron chi connectivity index (χ0n) is 13.1. The summed E-state index contributed by atoms with van der Waals surface area (Å²) in [7, 11) is 0. The van der Waals surface area contributed by atoms with Gasteiger partial charge in [-0.15, -0.1) is 0 Å². The van der Waals surface area contributed by atoms with E-state index in [2.05, 4.69) is 0 Å². The predicted octanol–water partition coefficient (Wildman–Crippen LogP) is 2.82. The number of benzene rings is 2. The number of carboxylic acids is 1. The van der Waals surface area contributed by atoms with E-state index in [9.17, 15) is 14.7 Å². The van der Waals surface area contributed by atoms with E-state index < -0.39 is 5.97 Å². The van der Waals surface area contributed by atoms with Gasteiger partial charge in [-0.3, -0.25) is 4.79 Å². The molecule has 1 N–H and O–H groups in total. The van der Waals surface area contributed by atoms with Crippen LogP contribution in [0.1, 0.15) is 32.6 Å². The van der Waals surface area contributed by atoms with Gasteiger partial charge in [0.1, 0.15) is 0 Å². The lowest BCUT2D eigenvalue weighted by Gasteiger charge is -2.30. The van der Waals surface area contributed by atoms with Crippen LogP contribution in [-0.4, -0.2) is 28.4 Å². The maximum atomic E-state index is 12.5. The molecule has 0 saturated carbocycles. The van der Waals surface area contributed by atoms with Crippen molar-refractivity contribution in [2.75, 3.05) is 6.54 Å². The third kappa shape index (κ3) is 3.26. The Morgan fingerprint density at radius 3 is 2.70 bits per heavy atom. The first kappa shape index (κ1) is 15.3. The molecule has 0 radical (unpaired) electrons. The Kier molecular flexibility index (Phi) is 4.15. The van der Waals surface area contributed by atoms with Crippen LogP contribution in [-0.2, 0) is 24.2 Å². The van der Waals surface area contributed by atoms with Crippen LogP contribution < -0.4 is 0 Å². The van der Waals surface area contributed by atoms with Gasteiger partial charge in [0, 0.05) is 13.1 Å². The van der Waals surface area contributed by atoms with Crippen LogP contribution in [0.4, 0.5) is 0 Å². The minimum Gasteiger partial charge on any atom is -0.478 e. The Balaban J connectivity index is 1.79. The standard InChI is InChI=1S/C19H19NO3/c1-13-4-2-5-14(10-13)11-18(21)20-9-8-15-6-3-7-16(19(22)23)17(15)12-20/h2-7,10H,8-9,11-12H2,1H3,(H,22,23). The van der Waals surface area contributed by atoms with Gasteiger partial charge in [-0.25, -0.2) is 4.79 Å². The molecule has 0 atom stereocenters. The molecular weight excluding hydrogens is 290 g/mol. The fraction of sp³-hybridized carbons (Fsp3) is 0.263. The highest BCUT2D eigenvalue weighted by Gasteiger charge is 2.24. The van der Waals surface area contributed by atoms with E-state index >= 15 is 0 Å². The maximum absolute atomic E-state index is 12.5. The summed E-state index contributed by atoms with van der Waals surface area (Å²) in [5, 5.41) is 9.33. The van der Waals surface area contributed by atoms with Crippen molar-refractivity contribution < 1.29 is 14.7 Å². The van der Waals surface area contributed by atoms with Crippen molar-refractivity contribution >= 4 is 11.9 Å². The van der Waals surface area contributed by atoms with Gasteiger partial charge in [-0.05, 0) is 36.1 Å². The molecule has 1 aliphatic rings. The van der Waals surface area contributed by atoms with E-state index in [4.69, 9.17) is 0 Å². The van der Waals surface area contributed by atoms with Crippen LogP contribution in [0.2, 0.25) is 0 Å². The molecule has 2 aromatic carbocycles. The summed E-state index contributed by atoms with van der Waals surface area (Å²) in [6, 6.07) is 13.2. The minimum absolute atomic E-state index is 0.0430. The molecule has 1 aliphatic heterocycles. The smallest absolute Gasteiger partial charge is 0.336 e. The zero-order chi connectivity index (χ0) is 16.4. The Morgan fingerprint density at radius 2 is 1.96 bits per heavy atom. The van der Waals surface area contributed by atoms with Gasteiger partial charge in [0.15, 0.2) is 0 Å². The minimum atomic E-state index is -0.935. The average molecular weight is 309 g/mol. The lowest BCUT2D eigenvalue weighted by atomic mass is 9.94. The van der Waals surface area contributed by atoms with Crippen molar-refractivity contribution in [3.8, 4) is 0 Å². The summed E-state index contributed by atoms with van der Waals surface area (Å²) >= 11 is 0. The fourth-order valence-corrected chi connectivity index (χ4v) is 3.10. The Bertz CT molecular complexity index is 767. The molecule has 0 aliphatic carbocycles. The summed E-state index contributed by atoms with van der Waals surface area (Å²) in [5.41, 5.74) is 4.23. The molecule has 1 heterocycles. The number of carbonyl (C=O) groups is 2. The van der Waals surface area contributed by atoms with E-state index in [0.717, 1.165) is 22.3 Å². The van der Waals surface area contributed by atoms with Crippen molar-refractivity contribution in [2.24, 2.45) is 0 Å². The SMILES string of the molecule is Cc1cccc(CC(=O)N2CCc3cccc(C(=O)O)c3C2)c1. The average Bonchev–Trinajstić information content (AvgIpc) is 2.53. The first-order chi connectivity index (χ1) is 11.0. The molecule has 118 valence electrons. The maximum Gasteiger partial charge on any atom is 0.336 e. The highest BCUT2D eigenvalue weighted by Crippen LogP contribution is 2.23. The number of carbonyl (C=O) groups excluding carboxylic acids is 1. The normalized spacial score (nSPS) is 13.5. The number of fused-ring (bicyclic) bond motifs is 1. The van der Waals surface area contributed by atoms with Gasteiger partial charge in [0.25, 0.3) is 0 Å². The number of hydrogen-bond donors (Lipinski definition) is 1. The van der Waals surface area contributed by atoms with Gasteiger partial charge >= 0.3 is 5.97 Å². The second-order valence-corrected chi connectivity index (χ2v) is 5.98. The summed E-state index contributed by atoms with van der Waals surface area (Å²) in [4.78, 5) is 25.7. The van der Waals surface area contributed by atoms with Gasteiger partial charge in [0.05, 0.1) is 12.0 Å². The molecule has 0 bridgehead atoms. The third-order valence-corrected chi connectivity index (χ3v) is 4.29. The molecule has 0 spiro atoms. The number of amides is 1. The predicted molar refractivity (Wildman–Crippen MR) is 87.4 cm³/mol. The van der Waals surface area contributed by atoms with Crippen LogP contribution >= 0.6 is 0 Å². The molecule has 0 aromatic heterocycles. The van der Waals surface area contributed by atoms with E-state index in [1.807, 2.05) is 37.3 Å². The number of nitrogens with zero attached hydrogens (tertiary/aromatic N) is 1. The molecule has 3 rings (SSSR count). The molecular formula is C19H19NO3. The lowest BCUT2D eigenvalue weighted by Crippen LogP contribution is -2.37. The number of rotatable bonds is 3. The molecule has 0 unspecified atom stereocenters. The quantitative estimate of drug-likeness (QED) is 0.948. The highest BCUT2D eigenvalue weighted by atomic mass is 16.4. The lowest BCUT2D eigenvalue weighted by molar-refractivity contribution is -0.131. The molecule has 2 aromatic rings. The van der Waals surface area contributed by atoms with Crippen LogP contribution in [0.15, 0.2) is 42.5 Å². The Labute approximate surface area is 135 Å². The van der Waals surface area contributed by atoms with Crippen molar-refractivity contribution in [1.82, 2.24) is 4.90 Å². The van der Waals surface area contributed by atoms with E-state index in [1.54, 1.807) is 17.0 Å². The van der Waals surface area contributed by atoms with Crippen molar-refractivity contribution in [1.29, 1.82) is 0 Å². The van der Waals surface area contributed by atoms with Crippen molar-refractivity contribution in [3.63, 3.8) is 0 Å². The first-order valence-electron chi connectivity index (χ1n) is 7.72. The molecule has 4 nitrogen and oxygen atoms in total. The van der Waals surface area contributed by atoms with E-state index in [1.165, 1.54) is 0 Å². The zero-order valence-corrected chi connectivity index (χ0v) is 13.1. The highest BCUT2D eigenvalue weighted by molar-refractivity contribution is 5.90. The molecule has 4 heteroatoms. The first-order valence-corrected chi connectivity index (χ1v) is 7.72.